The topological polar surface area (TPSA) is 14.1 Å². The van der Waals surface area contributed by atoms with Crippen molar-refractivity contribution >= 4 is 0 Å². The minimum Gasteiger partial charge on any atom is -0.662 e. The van der Waals surface area contributed by atoms with Crippen molar-refractivity contribution in [3.8, 4) is 0 Å². The van der Waals surface area contributed by atoms with Gasteiger partial charge in [0.25, 0.3) is 0 Å². The lowest BCUT2D eigenvalue weighted by molar-refractivity contribution is -0.134. The molecule has 4 heteroatoms. The van der Waals surface area contributed by atoms with Crippen LogP contribution in [0, 0.1) is 0 Å². The van der Waals surface area contributed by atoms with Crippen molar-refractivity contribution in [2.45, 2.75) is 25.9 Å². The molecular formula is C6H11F3N-. The predicted octanol–water partition coefficient (Wildman–Crippen LogP) is 2.72. The molecule has 0 heterocycles. The highest BCUT2D eigenvalue weighted by molar-refractivity contribution is 4.75. The van der Waals surface area contributed by atoms with Crippen LogP contribution >= 0.6 is 0 Å². The third-order valence-corrected chi connectivity index (χ3v) is 1.00. The zero-order chi connectivity index (χ0) is 8.04. The molecule has 0 aromatic carbocycles. The van der Waals surface area contributed by atoms with Gasteiger partial charge in [-0.05, 0) is 0 Å². The van der Waals surface area contributed by atoms with E-state index in [0.717, 1.165) is 0 Å². The van der Waals surface area contributed by atoms with Crippen molar-refractivity contribution in [1.29, 1.82) is 0 Å². The van der Waals surface area contributed by atoms with E-state index in [4.69, 9.17) is 0 Å². The van der Waals surface area contributed by atoms with Crippen molar-refractivity contribution < 1.29 is 13.2 Å². The van der Waals surface area contributed by atoms with E-state index < -0.39 is 12.6 Å². The van der Waals surface area contributed by atoms with Gasteiger partial charge < -0.3 is 5.32 Å². The zero-order valence-corrected chi connectivity index (χ0v) is 5.91. The normalized spacial score (nSPS) is 12.0. The average Bonchev–Trinajstić information content (AvgIpc) is 1.78. The number of halogens is 3. The van der Waals surface area contributed by atoms with Crippen LogP contribution in [-0.4, -0.2) is 19.3 Å². The molecule has 0 spiro atoms. The van der Waals surface area contributed by atoms with Crippen LogP contribution in [0.1, 0.15) is 19.8 Å². The van der Waals surface area contributed by atoms with Crippen molar-refractivity contribution in [1.82, 2.24) is 0 Å². The highest BCUT2D eigenvalue weighted by Gasteiger charge is 2.24. The van der Waals surface area contributed by atoms with Gasteiger partial charge in [-0.1, -0.05) is 13.3 Å². The second kappa shape index (κ2) is 4.55. The van der Waals surface area contributed by atoms with Gasteiger partial charge in [-0.2, -0.15) is 19.7 Å². The SMILES string of the molecule is CC[N-]CCCC(F)(F)F. The van der Waals surface area contributed by atoms with E-state index in [-0.39, 0.29) is 6.42 Å². The van der Waals surface area contributed by atoms with Crippen LogP contribution in [0.4, 0.5) is 13.2 Å². The molecule has 1 nitrogen and oxygen atoms in total. The third-order valence-electron chi connectivity index (χ3n) is 1.00. The molecule has 0 aromatic rings. The van der Waals surface area contributed by atoms with Crippen LogP contribution in [0.25, 0.3) is 5.32 Å². The Kier molecular flexibility index (Phi) is 4.43. The summed E-state index contributed by atoms with van der Waals surface area (Å²) in [6.45, 7) is 2.75. The summed E-state index contributed by atoms with van der Waals surface area (Å²) in [6, 6.07) is 0. The third kappa shape index (κ3) is 7.75. The first-order chi connectivity index (χ1) is 4.56. The maximum absolute atomic E-state index is 11.4. The largest absolute Gasteiger partial charge is 0.662 e. The van der Waals surface area contributed by atoms with Crippen LogP contribution in [0.2, 0.25) is 0 Å². The summed E-state index contributed by atoms with van der Waals surface area (Å²) in [5, 5.41) is 3.77. The van der Waals surface area contributed by atoms with Gasteiger partial charge in [0.1, 0.15) is 0 Å². The fraction of sp³-hybridized carbons (Fsp3) is 1.00. The van der Waals surface area contributed by atoms with E-state index in [2.05, 4.69) is 5.32 Å². The van der Waals surface area contributed by atoms with Crippen molar-refractivity contribution in [2.24, 2.45) is 0 Å². The molecule has 0 unspecified atom stereocenters. The standard InChI is InChI=1S/C6H11F3N/c1-2-10-5-3-4-6(7,8)9/h2-5H2,1H3/q-1. The van der Waals surface area contributed by atoms with E-state index in [9.17, 15) is 13.2 Å². The highest BCUT2D eigenvalue weighted by Crippen LogP contribution is 2.21. The molecule has 0 atom stereocenters. The quantitative estimate of drug-likeness (QED) is 0.553. The van der Waals surface area contributed by atoms with E-state index in [1.54, 1.807) is 0 Å². The van der Waals surface area contributed by atoms with Gasteiger partial charge in [0.05, 0.1) is 0 Å². The first-order valence-corrected chi connectivity index (χ1v) is 3.26. The fourth-order valence-electron chi connectivity index (χ4n) is 0.549. The molecule has 0 saturated carbocycles. The summed E-state index contributed by atoms with van der Waals surface area (Å²) in [5.74, 6) is 0. The van der Waals surface area contributed by atoms with E-state index >= 15 is 0 Å². The summed E-state index contributed by atoms with van der Waals surface area (Å²) < 4.78 is 34.3. The lowest BCUT2D eigenvalue weighted by Crippen LogP contribution is -2.07. The molecule has 0 aliphatic heterocycles. The summed E-state index contributed by atoms with van der Waals surface area (Å²) in [4.78, 5) is 0. The summed E-state index contributed by atoms with van der Waals surface area (Å²) in [6.07, 6.45) is -4.60. The lowest BCUT2D eigenvalue weighted by Gasteiger charge is -2.15. The smallest absolute Gasteiger partial charge is 0.389 e. The summed E-state index contributed by atoms with van der Waals surface area (Å²) in [5.41, 5.74) is 0. The molecule has 0 aliphatic carbocycles. The van der Waals surface area contributed by atoms with Gasteiger partial charge >= 0.3 is 6.18 Å². The molecule has 0 N–H and O–H groups in total. The molecule has 0 rings (SSSR count). The first kappa shape index (κ1) is 9.75. The van der Waals surface area contributed by atoms with E-state index in [1.165, 1.54) is 0 Å². The molecule has 0 saturated heterocycles. The average molecular weight is 154 g/mol. The first-order valence-electron chi connectivity index (χ1n) is 3.26. The Balaban J connectivity index is 3.04. The highest BCUT2D eigenvalue weighted by atomic mass is 19.4. The zero-order valence-electron chi connectivity index (χ0n) is 5.91. The van der Waals surface area contributed by atoms with Crippen molar-refractivity contribution in [3.63, 3.8) is 0 Å². The maximum Gasteiger partial charge on any atom is 0.389 e. The fourth-order valence-corrected chi connectivity index (χ4v) is 0.549. The van der Waals surface area contributed by atoms with Gasteiger partial charge in [0, 0.05) is 6.42 Å². The molecule has 0 fully saturated rings. The van der Waals surface area contributed by atoms with Crippen LogP contribution in [0.3, 0.4) is 0 Å². The monoisotopic (exact) mass is 154 g/mol. The second-order valence-corrected chi connectivity index (χ2v) is 1.98. The van der Waals surface area contributed by atoms with Crippen molar-refractivity contribution in [3.05, 3.63) is 5.32 Å². The van der Waals surface area contributed by atoms with Gasteiger partial charge in [-0.15, -0.1) is 6.54 Å². The van der Waals surface area contributed by atoms with Gasteiger partial charge in [0.2, 0.25) is 0 Å². The molecule has 0 bridgehead atoms. The van der Waals surface area contributed by atoms with Crippen LogP contribution in [0.15, 0.2) is 0 Å². The summed E-state index contributed by atoms with van der Waals surface area (Å²) in [7, 11) is 0. The van der Waals surface area contributed by atoms with Gasteiger partial charge in [0.15, 0.2) is 0 Å². The number of hydrogen-bond acceptors (Lipinski definition) is 0. The van der Waals surface area contributed by atoms with Crippen LogP contribution < -0.4 is 0 Å². The molecule has 0 amide bonds. The summed E-state index contributed by atoms with van der Waals surface area (Å²) >= 11 is 0. The molecule has 62 valence electrons. The van der Waals surface area contributed by atoms with E-state index in [0.29, 0.717) is 13.1 Å². The van der Waals surface area contributed by atoms with Gasteiger partial charge in [-0.3, -0.25) is 0 Å². The Hall–Kier alpha value is -0.250. The van der Waals surface area contributed by atoms with Crippen LogP contribution in [0.5, 0.6) is 0 Å². The minimum atomic E-state index is -4.01. The Labute approximate surface area is 58.6 Å². The Bertz CT molecular complexity index is 79.6. The Morgan fingerprint density at radius 2 is 1.90 bits per heavy atom. The van der Waals surface area contributed by atoms with Gasteiger partial charge in [-0.25, -0.2) is 0 Å². The Morgan fingerprint density at radius 1 is 1.30 bits per heavy atom. The minimum absolute atomic E-state index is 0.122. The molecule has 0 radical (unpaired) electrons. The molecule has 0 aliphatic rings. The number of rotatable bonds is 4. The molecule has 10 heavy (non-hydrogen) atoms. The van der Waals surface area contributed by atoms with Crippen molar-refractivity contribution in [2.75, 3.05) is 13.1 Å². The number of nitrogens with zero attached hydrogens (tertiary/aromatic N) is 1. The molecular weight excluding hydrogens is 143 g/mol. The predicted molar refractivity (Wildman–Crippen MR) is 34.1 cm³/mol. The molecule has 0 aromatic heterocycles. The second-order valence-electron chi connectivity index (χ2n) is 1.98. The van der Waals surface area contributed by atoms with E-state index in [1.807, 2.05) is 6.92 Å². The Morgan fingerprint density at radius 3 is 2.30 bits per heavy atom. The van der Waals surface area contributed by atoms with Crippen LogP contribution in [-0.2, 0) is 0 Å². The number of alkyl halides is 3. The lowest BCUT2D eigenvalue weighted by atomic mass is 10.3. The maximum atomic E-state index is 11.4. The number of hydrogen-bond donors (Lipinski definition) is 0.